The van der Waals surface area contributed by atoms with Crippen LogP contribution in [0, 0.1) is 27.7 Å². The maximum Gasteiger partial charge on any atom is 4.00 e. The van der Waals surface area contributed by atoms with Gasteiger partial charge in [0.15, 0.2) is 0 Å². The Balaban J connectivity index is 0.00000121. The van der Waals surface area contributed by atoms with E-state index in [-0.39, 0.29) is 50.7 Å². The maximum atomic E-state index is 2.39. The molecule has 0 radical (unpaired) electrons. The average Bonchev–Trinajstić information content (AvgIpc) is 3.18. The summed E-state index contributed by atoms with van der Waals surface area (Å²) in [7, 11) is 0. The molecule has 4 aromatic carbocycles. The van der Waals surface area contributed by atoms with Crippen molar-refractivity contribution in [2.24, 2.45) is 0 Å². The molecule has 0 spiro atoms. The first-order valence-corrected chi connectivity index (χ1v) is 8.84. The van der Waals surface area contributed by atoms with Crippen LogP contribution < -0.4 is 24.8 Å². The molecule has 0 N–H and O–H groups in total. The number of fused-ring (bicyclic) bond motifs is 2. The predicted molar refractivity (Wildman–Crippen MR) is 105 cm³/mol. The van der Waals surface area contributed by atoms with Crippen LogP contribution in [0.1, 0.15) is 33.4 Å². The molecule has 0 nitrogen and oxygen atoms in total. The minimum atomic E-state index is 0. The Hall–Kier alpha value is -0.890. The van der Waals surface area contributed by atoms with E-state index in [0.29, 0.717) is 0 Å². The van der Waals surface area contributed by atoms with Crippen molar-refractivity contribution in [3.05, 3.63) is 81.9 Å². The summed E-state index contributed by atoms with van der Waals surface area (Å²) >= 11 is 0. The Kier molecular flexibility index (Phi) is 8.53. The molecule has 0 aromatic heterocycles. The summed E-state index contributed by atoms with van der Waals surface area (Å²) in [6.45, 7) is 8.84. The van der Waals surface area contributed by atoms with Crippen LogP contribution in [0.3, 0.4) is 0 Å². The molecule has 0 saturated heterocycles. The van der Waals surface area contributed by atoms with Gasteiger partial charge in [-0.25, -0.2) is 0 Å². The molecule has 4 rings (SSSR count). The third kappa shape index (κ3) is 4.58. The molecule has 0 aliphatic carbocycles. The van der Waals surface area contributed by atoms with Gasteiger partial charge in [-0.3, -0.25) is 0 Å². The van der Waals surface area contributed by atoms with Crippen LogP contribution in [0.15, 0.2) is 48.5 Å². The van der Waals surface area contributed by atoms with Gasteiger partial charge in [-0.15, -0.1) is 68.1 Å². The molecule has 0 aliphatic rings. The minimum Gasteiger partial charge on any atom is -1.00 e. The van der Waals surface area contributed by atoms with Crippen LogP contribution in [0.4, 0.5) is 0 Å². The van der Waals surface area contributed by atoms with E-state index in [0.717, 1.165) is 12.8 Å². The molecule has 0 saturated carbocycles. The summed E-state index contributed by atoms with van der Waals surface area (Å²) in [6.07, 6.45) is 2.23. The molecule has 0 bridgehead atoms. The molecule has 0 heterocycles. The van der Waals surface area contributed by atoms with Gasteiger partial charge in [-0.05, 0) is 26.7 Å². The Bertz CT molecular complexity index is 889. The summed E-state index contributed by atoms with van der Waals surface area (Å²) in [5.41, 5.74) is 8.45. The minimum absolute atomic E-state index is 0. The van der Waals surface area contributed by atoms with Crippen molar-refractivity contribution in [1.29, 1.82) is 0 Å². The molecule has 0 unspecified atom stereocenters. The summed E-state index contributed by atoms with van der Waals surface area (Å²) in [4.78, 5) is 0. The fourth-order valence-electron chi connectivity index (χ4n) is 3.88. The quantitative estimate of drug-likeness (QED) is 0.252. The Morgan fingerprint density at radius 2 is 0.926 bits per heavy atom. The largest absolute Gasteiger partial charge is 4.00 e. The molecule has 0 atom stereocenters. The van der Waals surface area contributed by atoms with E-state index in [1.165, 1.54) is 54.9 Å². The smallest absolute Gasteiger partial charge is 1.00 e. The van der Waals surface area contributed by atoms with Gasteiger partial charge in [0.25, 0.3) is 0 Å². The number of hydrogen-bond acceptors (Lipinski definition) is 0. The van der Waals surface area contributed by atoms with E-state index in [2.05, 4.69) is 76.2 Å². The summed E-state index contributed by atoms with van der Waals surface area (Å²) in [6, 6.07) is 18.5. The second-order valence-electron chi connectivity index (χ2n) is 7.28. The standard InChI is InChI=1S/C24H24.2ClH.Hf/c1-15-5-6-16(2)22-12-19(11-21(15)22)9-10-20-13-23-17(3)7-8-18(4)24(23)14-20;;;/h5-8,11-14H,9-10H2,1-4H3;2*1H;/q-2;;;+4/p-2. The van der Waals surface area contributed by atoms with Crippen molar-refractivity contribution in [1.82, 2.24) is 0 Å². The van der Waals surface area contributed by atoms with Gasteiger partial charge in [0, 0.05) is 0 Å². The van der Waals surface area contributed by atoms with Gasteiger partial charge >= 0.3 is 25.8 Å². The van der Waals surface area contributed by atoms with Crippen LogP contribution >= 0.6 is 0 Å². The third-order valence-corrected chi connectivity index (χ3v) is 5.47. The summed E-state index contributed by atoms with van der Waals surface area (Å²) in [5, 5.41) is 5.68. The van der Waals surface area contributed by atoms with Crippen molar-refractivity contribution in [2.45, 2.75) is 40.5 Å². The van der Waals surface area contributed by atoms with Crippen molar-refractivity contribution in [2.75, 3.05) is 0 Å². The number of aryl methyl sites for hydroxylation is 6. The normalized spacial score (nSPS) is 10.4. The van der Waals surface area contributed by atoms with Gasteiger partial charge in [-0.2, -0.15) is 12.1 Å². The molecule has 27 heavy (non-hydrogen) atoms. The van der Waals surface area contributed by atoms with Crippen molar-refractivity contribution < 1.29 is 50.7 Å². The van der Waals surface area contributed by atoms with Crippen LogP contribution in [0.25, 0.3) is 21.5 Å². The fourth-order valence-corrected chi connectivity index (χ4v) is 3.88. The van der Waals surface area contributed by atoms with Crippen molar-refractivity contribution >= 4 is 21.5 Å². The van der Waals surface area contributed by atoms with E-state index in [4.69, 9.17) is 0 Å². The van der Waals surface area contributed by atoms with Gasteiger partial charge in [0.2, 0.25) is 0 Å². The molecule has 0 amide bonds. The molecule has 0 fully saturated rings. The van der Waals surface area contributed by atoms with E-state index in [9.17, 15) is 0 Å². The number of hydrogen-bond donors (Lipinski definition) is 0. The first-order chi connectivity index (χ1) is 11.5. The zero-order valence-electron chi connectivity index (χ0n) is 16.3. The second-order valence-corrected chi connectivity index (χ2v) is 7.28. The molecular weight excluding hydrogens is 538 g/mol. The van der Waals surface area contributed by atoms with Crippen molar-refractivity contribution in [3.63, 3.8) is 0 Å². The number of halogens is 2. The van der Waals surface area contributed by atoms with Crippen LogP contribution in [-0.2, 0) is 38.7 Å². The average molecular weight is 562 g/mol. The monoisotopic (exact) mass is 562 g/mol. The van der Waals surface area contributed by atoms with Gasteiger partial charge in [0.1, 0.15) is 0 Å². The maximum absolute atomic E-state index is 2.39. The fraction of sp³-hybridized carbons (Fsp3) is 0.250. The Morgan fingerprint density at radius 1 is 0.593 bits per heavy atom. The van der Waals surface area contributed by atoms with Gasteiger partial charge in [0.05, 0.1) is 0 Å². The first-order valence-electron chi connectivity index (χ1n) is 8.84. The van der Waals surface area contributed by atoms with Gasteiger partial charge < -0.3 is 24.8 Å². The topological polar surface area (TPSA) is 0 Å². The third-order valence-electron chi connectivity index (χ3n) is 5.47. The Morgan fingerprint density at radius 3 is 1.26 bits per heavy atom. The molecule has 4 aromatic rings. The Labute approximate surface area is 193 Å². The van der Waals surface area contributed by atoms with E-state index >= 15 is 0 Å². The van der Waals surface area contributed by atoms with Crippen LogP contribution in [0.5, 0.6) is 0 Å². The first kappa shape index (κ1) is 24.1. The molecule has 3 heteroatoms. The zero-order valence-corrected chi connectivity index (χ0v) is 21.4. The van der Waals surface area contributed by atoms with Crippen LogP contribution in [-0.4, -0.2) is 0 Å². The summed E-state index contributed by atoms with van der Waals surface area (Å²) < 4.78 is 0. The van der Waals surface area contributed by atoms with E-state index in [1.54, 1.807) is 0 Å². The molecule has 138 valence electrons. The van der Waals surface area contributed by atoms with Crippen molar-refractivity contribution in [3.8, 4) is 0 Å². The second kappa shape index (κ2) is 9.54. The number of rotatable bonds is 3. The predicted octanol–water partition coefficient (Wildman–Crippen LogP) is 0.455. The zero-order chi connectivity index (χ0) is 16.8. The number of benzene rings is 2. The van der Waals surface area contributed by atoms with E-state index < -0.39 is 0 Å². The SMILES string of the molecule is Cc1ccc(C)c2[cH-]c(CCc3cc4c(C)ccc(C)c4[cH-]3)cc12.[Cl-].[Cl-].[Hf+4]. The molecular formula is C24H24Cl2Hf. The summed E-state index contributed by atoms with van der Waals surface area (Å²) in [5.74, 6) is 0. The van der Waals surface area contributed by atoms with Crippen LogP contribution in [0.2, 0.25) is 0 Å². The van der Waals surface area contributed by atoms with Gasteiger partial charge in [-0.1, -0.05) is 37.1 Å². The van der Waals surface area contributed by atoms with E-state index in [1.807, 2.05) is 0 Å². The molecule has 0 aliphatic heterocycles.